The highest BCUT2D eigenvalue weighted by atomic mass is 32.2. The summed E-state index contributed by atoms with van der Waals surface area (Å²) in [4.78, 5) is 11.0. The van der Waals surface area contributed by atoms with Gasteiger partial charge in [0.1, 0.15) is 6.61 Å². The molecule has 2 N–H and O–H groups in total. The number of phenolic OH excluding ortho intramolecular Hbond substituents is 1. The Bertz CT molecular complexity index is 732. The number of ether oxygens (including phenoxy) is 1. The van der Waals surface area contributed by atoms with Crippen LogP contribution in [0.25, 0.3) is 0 Å². The number of carboxylic acid groups (broad SMARTS) is 1. The maximum absolute atomic E-state index is 11.0. The molecule has 1 atom stereocenters. The normalized spacial score (nSPS) is 12.6. The summed E-state index contributed by atoms with van der Waals surface area (Å²) in [6, 6.07) is 12.2. The van der Waals surface area contributed by atoms with Gasteiger partial charge in [-0.3, -0.25) is 0 Å². The third kappa shape index (κ3) is 4.92. The number of thioether (sulfide) groups is 1. The fraction of sp³-hybridized carbons (Fsp3) is 0.350. The molecule has 1 unspecified atom stereocenters. The van der Waals surface area contributed by atoms with Crippen molar-refractivity contribution in [1.29, 1.82) is 0 Å². The maximum Gasteiger partial charge on any atom is 0.335 e. The Morgan fingerprint density at radius 2 is 1.80 bits per heavy atom. The van der Waals surface area contributed by atoms with Gasteiger partial charge >= 0.3 is 5.97 Å². The summed E-state index contributed by atoms with van der Waals surface area (Å²) in [5, 5.41) is 19.1. The molecule has 0 aliphatic heterocycles. The first-order valence-electron chi connectivity index (χ1n) is 8.04. The van der Waals surface area contributed by atoms with Crippen LogP contribution in [0.3, 0.4) is 0 Å². The average Bonchev–Trinajstić information content (AvgIpc) is 2.56. The van der Waals surface area contributed by atoms with E-state index in [4.69, 9.17) is 9.84 Å². The highest BCUT2D eigenvalue weighted by Gasteiger charge is 2.18. The van der Waals surface area contributed by atoms with E-state index in [1.807, 2.05) is 18.4 Å². The van der Waals surface area contributed by atoms with Crippen molar-refractivity contribution in [3.63, 3.8) is 0 Å². The third-order valence-corrected chi connectivity index (χ3v) is 5.01. The van der Waals surface area contributed by atoms with Gasteiger partial charge in [-0.05, 0) is 47.1 Å². The van der Waals surface area contributed by atoms with E-state index in [1.165, 1.54) is 0 Å². The van der Waals surface area contributed by atoms with Crippen LogP contribution in [0.15, 0.2) is 42.5 Å². The van der Waals surface area contributed by atoms with Gasteiger partial charge in [0.25, 0.3) is 0 Å². The average molecular weight is 360 g/mol. The third-order valence-electron chi connectivity index (χ3n) is 4.03. The molecule has 0 aliphatic carbocycles. The predicted octanol–water partition coefficient (Wildman–Crippen LogP) is 4.87. The number of carboxylic acids is 1. The van der Waals surface area contributed by atoms with Crippen LogP contribution in [0.1, 0.15) is 47.5 Å². The highest BCUT2D eigenvalue weighted by Crippen LogP contribution is 2.34. The Hall–Kier alpha value is -2.14. The largest absolute Gasteiger partial charge is 0.504 e. The molecule has 0 aromatic heterocycles. The minimum absolute atomic E-state index is 0.0304. The molecule has 0 fully saturated rings. The van der Waals surface area contributed by atoms with E-state index in [0.29, 0.717) is 12.4 Å². The number of rotatable bonds is 6. The molecule has 25 heavy (non-hydrogen) atoms. The van der Waals surface area contributed by atoms with Crippen molar-refractivity contribution in [1.82, 2.24) is 0 Å². The van der Waals surface area contributed by atoms with Crippen LogP contribution in [0, 0.1) is 0 Å². The Morgan fingerprint density at radius 1 is 1.16 bits per heavy atom. The predicted molar refractivity (Wildman–Crippen MR) is 102 cm³/mol. The van der Waals surface area contributed by atoms with Gasteiger partial charge in [-0.25, -0.2) is 4.79 Å². The van der Waals surface area contributed by atoms with Crippen LogP contribution in [0.4, 0.5) is 0 Å². The summed E-state index contributed by atoms with van der Waals surface area (Å²) in [7, 11) is 0. The second kappa shape index (κ2) is 7.83. The van der Waals surface area contributed by atoms with E-state index in [-0.39, 0.29) is 22.0 Å². The molecule has 4 nitrogen and oxygen atoms in total. The SMILES string of the molecule is CSC(COc1cc(C(C)(C)C)ccc1O)c1ccc(C(=O)O)cc1. The molecule has 0 bridgehead atoms. The molecule has 0 heterocycles. The van der Waals surface area contributed by atoms with Crippen LogP contribution in [0.2, 0.25) is 0 Å². The fourth-order valence-corrected chi connectivity index (χ4v) is 3.04. The standard InChI is InChI=1S/C20H24O4S/c1-20(2,3)15-9-10-16(21)17(11-15)24-12-18(25-4)13-5-7-14(8-6-13)19(22)23/h5-11,18,21H,12H2,1-4H3,(H,22,23). The Morgan fingerprint density at radius 3 is 2.32 bits per heavy atom. The molecule has 0 radical (unpaired) electrons. The van der Waals surface area contributed by atoms with Crippen LogP contribution in [-0.4, -0.2) is 29.0 Å². The van der Waals surface area contributed by atoms with Gasteiger partial charge in [-0.1, -0.05) is 39.0 Å². The number of carbonyl (C=O) groups is 1. The lowest BCUT2D eigenvalue weighted by Gasteiger charge is -2.21. The molecule has 134 valence electrons. The Labute approximate surface area is 152 Å². The number of aromatic carboxylic acids is 1. The minimum atomic E-state index is -0.938. The first-order valence-corrected chi connectivity index (χ1v) is 9.33. The van der Waals surface area contributed by atoms with Crippen molar-refractivity contribution < 1.29 is 19.7 Å². The van der Waals surface area contributed by atoms with Gasteiger partial charge in [0.05, 0.1) is 10.8 Å². The van der Waals surface area contributed by atoms with Crippen LogP contribution < -0.4 is 4.74 Å². The number of benzene rings is 2. The van der Waals surface area contributed by atoms with Crippen LogP contribution in [0.5, 0.6) is 11.5 Å². The van der Waals surface area contributed by atoms with Crippen molar-refractivity contribution in [3.05, 3.63) is 59.2 Å². The van der Waals surface area contributed by atoms with Gasteiger partial charge < -0.3 is 14.9 Å². The molecule has 2 aromatic carbocycles. The molecule has 0 saturated carbocycles. The van der Waals surface area contributed by atoms with Crippen molar-refractivity contribution in [2.75, 3.05) is 12.9 Å². The van der Waals surface area contributed by atoms with Gasteiger partial charge in [0, 0.05) is 0 Å². The van der Waals surface area contributed by atoms with Crippen molar-refractivity contribution in [2.24, 2.45) is 0 Å². The monoisotopic (exact) mass is 360 g/mol. The highest BCUT2D eigenvalue weighted by molar-refractivity contribution is 7.98. The zero-order chi connectivity index (χ0) is 18.6. The number of aromatic hydroxyl groups is 1. The quantitative estimate of drug-likeness (QED) is 0.769. The molecular weight excluding hydrogens is 336 g/mol. The van der Waals surface area contributed by atoms with E-state index in [0.717, 1.165) is 11.1 Å². The summed E-state index contributed by atoms with van der Waals surface area (Å²) in [6.45, 7) is 6.71. The molecule has 5 heteroatoms. The van der Waals surface area contributed by atoms with E-state index >= 15 is 0 Å². The zero-order valence-electron chi connectivity index (χ0n) is 14.9. The molecular formula is C20H24O4S. The summed E-state index contributed by atoms with van der Waals surface area (Å²) in [6.07, 6.45) is 1.98. The summed E-state index contributed by atoms with van der Waals surface area (Å²) < 4.78 is 5.87. The Balaban J connectivity index is 2.14. The van der Waals surface area contributed by atoms with Gasteiger partial charge in [-0.2, -0.15) is 11.8 Å². The van der Waals surface area contributed by atoms with Gasteiger partial charge in [0.2, 0.25) is 0 Å². The topological polar surface area (TPSA) is 66.8 Å². The molecule has 0 saturated heterocycles. The van der Waals surface area contributed by atoms with E-state index in [2.05, 4.69) is 20.8 Å². The second-order valence-electron chi connectivity index (χ2n) is 6.90. The number of hydrogen-bond acceptors (Lipinski definition) is 4. The van der Waals surface area contributed by atoms with Crippen molar-refractivity contribution >= 4 is 17.7 Å². The lowest BCUT2D eigenvalue weighted by molar-refractivity contribution is 0.0697. The smallest absolute Gasteiger partial charge is 0.335 e. The van der Waals surface area contributed by atoms with E-state index in [1.54, 1.807) is 42.1 Å². The van der Waals surface area contributed by atoms with Crippen molar-refractivity contribution in [2.45, 2.75) is 31.4 Å². The lowest BCUT2D eigenvalue weighted by atomic mass is 9.87. The number of hydrogen-bond donors (Lipinski definition) is 2. The van der Waals surface area contributed by atoms with Gasteiger partial charge in [0.15, 0.2) is 11.5 Å². The van der Waals surface area contributed by atoms with E-state index in [9.17, 15) is 9.90 Å². The maximum atomic E-state index is 11.0. The minimum Gasteiger partial charge on any atom is -0.504 e. The fourth-order valence-electron chi connectivity index (χ4n) is 2.40. The first-order chi connectivity index (χ1) is 11.7. The molecule has 0 aliphatic rings. The first kappa shape index (κ1) is 19.2. The summed E-state index contributed by atoms with van der Waals surface area (Å²) in [5.74, 6) is -0.352. The van der Waals surface area contributed by atoms with Gasteiger partial charge in [-0.15, -0.1) is 0 Å². The Kier molecular flexibility index (Phi) is 6.01. The second-order valence-corrected chi connectivity index (χ2v) is 7.94. The van der Waals surface area contributed by atoms with Crippen molar-refractivity contribution in [3.8, 4) is 11.5 Å². The van der Waals surface area contributed by atoms with Crippen LogP contribution in [-0.2, 0) is 5.41 Å². The van der Waals surface area contributed by atoms with E-state index < -0.39 is 5.97 Å². The summed E-state index contributed by atoms with van der Waals surface area (Å²) >= 11 is 1.62. The lowest BCUT2D eigenvalue weighted by Crippen LogP contribution is -2.12. The zero-order valence-corrected chi connectivity index (χ0v) is 15.8. The molecule has 2 aromatic rings. The molecule has 0 spiro atoms. The molecule has 2 rings (SSSR count). The van der Waals surface area contributed by atoms with Crippen LogP contribution >= 0.6 is 11.8 Å². The number of phenols is 1. The molecule has 0 amide bonds. The summed E-state index contributed by atoms with van der Waals surface area (Å²) in [5.41, 5.74) is 2.31.